The lowest BCUT2D eigenvalue weighted by molar-refractivity contribution is -0.100. The second-order valence-corrected chi connectivity index (χ2v) is 32.4. The highest BCUT2D eigenvalue weighted by Crippen LogP contribution is 2.31. The van der Waals surface area contributed by atoms with Crippen LogP contribution in [0.15, 0.2) is 53.4 Å². The fourth-order valence-corrected chi connectivity index (χ4v) is 8.82. The first kappa shape index (κ1) is 49.6. The van der Waals surface area contributed by atoms with Crippen molar-refractivity contribution < 1.29 is 45.3 Å². The van der Waals surface area contributed by atoms with Crippen molar-refractivity contribution in [1.29, 1.82) is 0 Å². The van der Waals surface area contributed by atoms with E-state index in [1.165, 1.54) is 29.6 Å². The summed E-state index contributed by atoms with van der Waals surface area (Å²) in [7, 11) is -9.91. The van der Waals surface area contributed by atoms with Gasteiger partial charge >= 0.3 is 6.09 Å². The Balaban J connectivity index is 2.59. The molecule has 2 rings (SSSR count). The van der Waals surface area contributed by atoms with E-state index in [2.05, 4.69) is 54.0 Å². The van der Waals surface area contributed by atoms with Crippen molar-refractivity contribution in [3.8, 4) is 5.75 Å². The van der Waals surface area contributed by atoms with E-state index in [9.17, 15) is 21.6 Å². The fourth-order valence-electron chi connectivity index (χ4n) is 5.11. The van der Waals surface area contributed by atoms with Crippen LogP contribution in [0.3, 0.4) is 0 Å². The lowest BCUT2D eigenvalue weighted by atomic mass is 10.0. The van der Waals surface area contributed by atoms with Crippen molar-refractivity contribution in [3.05, 3.63) is 54.1 Å². The highest BCUT2D eigenvalue weighted by atomic mass is 32.2. The molecule has 56 heavy (non-hydrogen) atoms. The molecule has 2 aromatic rings. The minimum atomic E-state index is -4.32. The monoisotopic (exact) mass is 860 g/mol. The smallest absolute Gasteiger partial charge is 0.407 e. The van der Waals surface area contributed by atoms with Crippen molar-refractivity contribution in [2.24, 2.45) is 5.92 Å². The number of benzene rings is 2. The molecule has 0 aliphatic rings. The number of carbonyl (C=O) groups is 1. The number of alkyl carbamates (subject to hydrolysis) is 1. The van der Waals surface area contributed by atoms with Gasteiger partial charge in [0.2, 0.25) is 10.0 Å². The van der Waals surface area contributed by atoms with Gasteiger partial charge in [0.25, 0.3) is 10.2 Å². The van der Waals surface area contributed by atoms with Crippen molar-refractivity contribution in [2.45, 2.75) is 115 Å². The van der Waals surface area contributed by atoms with Gasteiger partial charge in [-0.2, -0.15) is 12.7 Å². The van der Waals surface area contributed by atoms with E-state index in [1.807, 2.05) is 44.2 Å². The zero-order valence-electron chi connectivity index (χ0n) is 35.6. The summed E-state index contributed by atoms with van der Waals surface area (Å²) in [5.74, 6) is -0.0321. The number of nitrogens with one attached hydrogen (secondary N) is 3. The third kappa shape index (κ3) is 19.7. The molecule has 0 saturated carbocycles. The summed E-state index contributed by atoms with van der Waals surface area (Å²) in [6.45, 7) is 23.1. The van der Waals surface area contributed by atoms with Crippen molar-refractivity contribution >= 4 is 48.2 Å². The predicted molar refractivity (Wildman–Crippen MR) is 228 cm³/mol. The molecule has 0 heterocycles. The normalized spacial score (nSPS) is 14.1. The fraction of sp³-hybridized carbons (Fsp3) is 0.658. The number of amides is 1. The van der Waals surface area contributed by atoms with Gasteiger partial charge in [-0.25, -0.2) is 17.9 Å². The molecule has 14 nitrogen and oxygen atoms in total. The van der Waals surface area contributed by atoms with Gasteiger partial charge < -0.3 is 29.0 Å². The number of hydrogen-bond acceptors (Lipinski definition) is 10. The van der Waals surface area contributed by atoms with Gasteiger partial charge in [-0.15, -0.1) is 0 Å². The van der Waals surface area contributed by atoms with Crippen molar-refractivity contribution in [3.63, 3.8) is 0 Å². The van der Waals surface area contributed by atoms with E-state index in [-0.39, 0.29) is 48.9 Å². The quantitative estimate of drug-likeness (QED) is 0.0553. The van der Waals surface area contributed by atoms with Crippen molar-refractivity contribution in [2.75, 3.05) is 51.7 Å². The van der Waals surface area contributed by atoms with Crippen LogP contribution in [0.4, 0.5) is 10.5 Å². The first-order valence-electron chi connectivity index (χ1n) is 19.1. The Bertz CT molecular complexity index is 1710. The molecule has 3 N–H and O–H groups in total. The second-order valence-electron chi connectivity index (χ2n) is 17.6. The first-order chi connectivity index (χ1) is 25.8. The molecule has 18 heteroatoms. The second kappa shape index (κ2) is 22.0. The van der Waals surface area contributed by atoms with Crippen molar-refractivity contribution in [1.82, 2.24) is 14.3 Å². The SMILES string of the molecule is CNS(=O)(=O)Nc1cc(S(=O)(=O)N(CC(C)C)C[C@@H](OCOCC[Si](C)(C)C)[C@H](Cc2ccccc2)NC(=O)OC(C)(C)C)ccc1OCOCC[Si](C)(C)C. The summed E-state index contributed by atoms with van der Waals surface area (Å²) in [6, 6.07) is 14.6. The van der Waals surface area contributed by atoms with Crippen LogP contribution < -0.4 is 19.5 Å². The molecule has 1 amide bonds. The molecular weight excluding hydrogens is 793 g/mol. The van der Waals surface area contributed by atoms with E-state index >= 15 is 0 Å². The average molecular weight is 861 g/mol. The summed E-state index contributed by atoms with van der Waals surface area (Å²) >= 11 is 0. The van der Waals surface area contributed by atoms with E-state index < -0.39 is 60.2 Å². The van der Waals surface area contributed by atoms with E-state index in [1.54, 1.807) is 20.8 Å². The Morgan fingerprint density at radius 1 is 0.839 bits per heavy atom. The number of carbonyl (C=O) groups excluding carboxylic acids is 1. The minimum Gasteiger partial charge on any atom is -0.465 e. The molecule has 0 aliphatic heterocycles. The number of rotatable bonds is 25. The molecule has 0 unspecified atom stereocenters. The topological polar surface area (TPSA) is 171 Å². The van der Waals surface area contributed by atoms with Crippen LogP contribution in [-0.4, -0.2) is 108 Å². The summed E-state index contributed by atoms with van der Waals surface area (Å²) in [4.78, 5) is 13.1. The number of nitrogens with zero attached hydrogens (tertiary/aromatic N) is 1. The summed E-state index contributed by atoms with van der Waals surface area (Å²) < 4.78 is 89.8. The van der Waals surface area contributed by atoms with Gasteiger partial charge in [-0.05, 0) is 69.0 Å². The number of hydrogen-bond donors (Lipinski definition) is 3. The lowest BCUT2D eigenvalue weighted by Gasteiger charge is -2.34. The zero-order chi connectivity index (χ0) is 42.4. The molecular formula is C38H68N4O10S2Si2. The van der Waals surface area contributed by atoms with Crippen LogP contribution in [0.1, 0.15) is 40.2 Å². The maximum Gasteiger partial charge on any atom is 0.407 e. The highest BCUT2D eigenvalue weighted by molar-refractivity contribution is 7.90. The first-order valence-corrected chi connectivity index (χ1v) is 29.4. The molecule has 0 radical (unpaired) electrons. The molecule has 0 spiro atoms. The Hall–Kier alpha value is -2.56. The third-order valence-corrected chi connectivity index (χ3v) is 14.4. The van der Waals surface area contributed by atoms with Gasteiger partial charge in [0.15, 0.2) is 6.79 Å². The van der Waals surface area contributed by atoms with Crippen LogP contribution in [0.25, 0.3) is 0 Å². The number of ether oxygens (including phenoxy) is 5. The Kier molecular flexibility index (Phi) is 19.5. The molecule has 0 aliphatic carbocycles. The van der Waals surface area contributed by atoms with E-state index in [4.69, 9.17) is 23.7 Å². The summed E-state index contributed by atoms with van der Waals surface area (Å²) in [6.07, 6.45) is -1.27. The number of sulfonamides is 1. The molecule has 0 aromatic heterocycles. The number of anilines is 1. The summed E-state index contributed by atoms with van der Waals surface area (Å²) in [5.41, 5.74) is 0.0187. The minimum absolute atomic E-state index is 0.0872. The maximum absolute atomic E-state index is 14.6. The van der Waals surface area contributed by atoms with Gasteiger partial charge in [0.1, 0.15) is 18.1 Å². The van der Waals surface area contributed by atoms with Crippen LogP contribution in [0.5, 0.6) is 5.75 Å². The van der Waals surface area contributed by atoms with E-state index in [0.717, 1.165) is 17.7 Å². The zero-order valence-corrected chi connectivity index (χ0v) is 39.2. The van der Waals surface area contributed by atoms with Crippen LogP contribution in [-0.2, 0) is 45.6 Å². The molecule has 2 aromatic carbocycles. The molecule has 320 valence electrons. The molecule has 2 atom stereocenters. The largest absolute Gasteiger partial charge is 0.465 e. The Labute approximate surface area is 339 Å². The lowest BCUT2D eigenvalue weighted by Crippen LogP contribution is -2.53. The van der Waals surface area contributed by atoms with Gasteiger partial charge in [-0.1, -0.05) is 83.5 Å². The predicted octanol–water partition coefficient (Wildman–Crippen LogP) is 6.73. The standard InChI is InChI=1S/C38H68N4O10S2Si2/c1-30(2)26-42(53(44,45)32-18-19-35(34(25-32)41-54(46,47)39-6)50-28-48-20-22-55(7,8)9)27-36(51-29-49-21-23-56(10,11)12)33(24-31-16-14-13-15-17-31)40-37(43)52-38(3,4)5/h13-19,25,30,33,36,39,41H,20-24,26-29H2,1-12H3,(H,40,43)/t33-,36+/m0/s1. The molecule has 0 bridgehead atoms. The van der Waals surface area contributed by atoms with Crippen LogP contribution >= 0.6 is 0 Å². The Morgan fingerprint density at radius 2 is 1.43 bits per heavy atom. The van der Waals surface area contributed by atoms with Gasteiger partial charge in [-0.3, -0.25) is 4.72 Å². The highest BCUT2D eigenvalue weighted by Gasteiger charge is 2.34. The van der Waals surface area contributed by atoms with Gasteiger partial charge in [0.05, 0.1) is 22.7 Å². The van der Waals surface area contributed by atoms with Crippen LogP contribution in [0, 0.1) is 5.92 Å². The third-order valence-electron chi connectivity index (χ3n) is 8.16. The molecule has 0 fully saturated rings. The summed E-state index contributed by atoms with van der Waals surface area (Å²) in [5, 5.41) is 2.96. The van der Waals surface area contributed by atoms with Gasteiger partial charge in [0, 0.05) is 49.5 Å². The Morgan fingerprint density at radius 3 is 1.96 bits per heavy atom. The van der Waals surface area contributed by atoms with E-state index in [0.29, 0.717) is 19.6 Å². The average Bonchev–Trinajstić information content (AvgIpc) is 3.05. The van der Waals surface area contributed by atoms with Crippen LogP contribution in [0.2, 0.25) is 51.4 Å². The maximum atomic E-state index is 14.6. The molecule has 0 saturated heterocycles.